The number of nitrogens with zero attached hydrogens (tertiary/aromatic N) is 2. The molecule has 0 aliphatic carbocycles. The van der Waals surface area contributed by atoms with Crippen molar-refractivity contribution in [3.63, 3.8) is 0 Å². The minimum atomic E-state index is -0.634. The third kappa shape index (κ3) is 8.72. The molecule has 1 amide bonds. The van der Waals surface area contributed by atoms with Crippen molar-refractivity contribution in [3.05, 3.63) is 105 Å². The monoisotopic (exact) mass is 522 g/mol. The number of benzene rings is 3. The summed E-state index contributed by atoms with van der Waals surface area (Å²) in [7, 11) is 0. The second-order valence-electron chi connectivity index (χ2n) is 8.85. The molecule has 0 aliphatic heterocycles. The first-order valence-corrected chi connectivity index (χ1v) is 12.7. The van der Waals surface area contributed by atoms with Gasteiger partial charge in [0.1, 0.15) is 11.3 Å². The number of hydrogen-bond donors (Lipinski definition) is 0. The number of hydrogen-bond acceptors (Lipinski definition) is 5. The van der Waals surface area contributed by atoms with Gasteiger partial charge in [0.2, 0.25) is 5.91 Å². The SMILES string of the molecule is CC(=O)c1c(OCCCCCCC(=O)N(Cc2ccccc2)Cc2ccccc2)cc(Cl)cc1[N+](=O)[O-]. The molecular weight excluding hydrogens is 492 g/mol. The van der Waals surface area contributed by atoms with E-state index in [0.717, 1.165) is 36.5 Å². The molecule has 7 nitrogen and oxygen atoms in total. The zero-order chi connectivity index (χ0) is 26.6. The van der Waals surface area contributed by atoms with Crippen LogP contribution in [0.5, 0.6) is 5.75 Å². The van der Waals surface area contributed by atoms with Crippen molar-refractivity contribution in [1.29, 1.82) is 0 Å². The number of rotatable bonds is 14. The Kier molecular flexibility index (Phi) is 10.6. The van der Waals surface area contributed by atoms with Crippen molar-refractivity contribution in [2.45, 2.75) is 52.1 Å². The number of ether oxygens (including phenoxy) is 1. The van der Waals surface area contributed by atoms with Gasteiger partial charge in [0.25, 0.3) is 5.69 Å². The highest BCUT2D eigenvalue weighted by Gasteiger charge is 2.24. The second-order valence-corrected chi connectivity index (χ2v) is 9.28. The number of nitro benzene ring substituents is 1. The first-order chi connectivity index (χ1) is 17.8. The number of unbranched alkanes of at least 4 members (excludes halogenated alkanes) is 3. The Labute approximate surface area is 222 Å². The van der Waals surface area contributed by atoms with Crippen LogP contribution in [0.15, 0.2) is 72.8 Å². The maximum Gasteiger partial charge on any atom is 0.285 e. The highest BCUT2D eigenvalue weighted by molar-refractivity contribution is 6.31. The fourth-order valence-electron chi connectivity index (χ4n) is 4.09. The summed E-state index contributed by atoms with van der Waals surface area (Å²) in [6.45, 7) is 2.68. The van der Waals surface area contributed by atoms with Crippen LogP contribution in [0.4, 0.5) is 5.69 Å². The first kappa shape index (κ1) is 27.9. The van der Waals surface area contributed by atoms with E-state index in [1.807, 2.05) is 65.6 Å². The Bertz CT molecular complexity index is 1160. The fraction of sp³-hybridized carbons (Fsp3) is 0.310. The molecule has 0 heterocycles. The first-order valence-electron chi connectivity index (χ1n) is 12.3. The van der Waals surface area contributed by atoms with Crippen LogP contribution in [-0.4, -0.2) is 28.1 Å². The van der Waals surface area contributed by atoms with Crippen LogP contribution < -0.4 is 4.74 Å². The highest BCUT2D eigenvalue weighted by Crippen LogP contribution is 2.33. The molecule has 0 saturated carbocycles. The fourth-order valence-corrected chi connectivity index (χ4v) is 4.29. The minimum absolute atomic E-state index is 0.0723. The summed E-state index contributed by atoms with van der Waals surface area (Å²) in [5.74, 6) is -0.215. The van der Waals surface area contributed by atoms with E-state index >= 15 is 0 Å². The predicted molar refractivity (Wildman–Crippen MR) is 144 cm³/mol. The van der Waals surface area contributed by atoms with Crippen LogP contribution in [0.25, 0.3) is 0 Å². The average Bonchev–Trinajstić information content (AvgIpc) is 2.88. The molecule has 37 heavy (non-hydrogen) atoms. The topological polar surface area (TPSA) is 89.8 Å². The van der Waals surface area contributed by atoms with Crippen LogP contribution in [0, 0.1) is 10.1 Å². The van der Waals surface area contributed by atoms with Gasteiger partial charge in [-0.25, -0.2) is 0 Å². The van der Waals surface area contributed by atoms with Crippen molar-refractivity contribution in [3.8, 4) is 5.75 Å². The molecule has 0 N–H and O–H groups in total. The summed E-state index contributed by atoms with van der Waals surface area (Å²) in [5, 5.41) is 11.4. The lowest BCUT2D eigenvalue weighted by molar-refractivity contribution is -0.385. The van der Waals surface area contributed by atoms with Gasteiger partial charge in [-0.2, -0.15) is 0 Å². The molecule has 0 fully saturated rings. The van der Waals surface area contributed by atoms with E-state index in [4.69, 9.17) is 16.3 Å². The lowest BCUT2D eigenvalue weighted by Crippen LogP contribution is -2.29. The molecule has 8 heteroatoms. The van der Waals surface area contributed by atoms with Gasteiger partial charge in [0.05, 0.1) is 16.6 Å². The predicted octanol–water partition coefficient (Wildman–Crippen LogP) is 7.01. The summed E-state index contributed by atoms with van der Waals surface area (Å²) in [4.78, 5) is 37.6. The summed E-state index contributed by atoms with van der Waals surface area (Å²) >= 11 is 5.98. The van der Waals surface area contributed by atoms with E-state index in [-0.39, 0.29) is 27.9 Å². The third-order valence-electron chi connectivity index (χ3n) is 5.92. The molecule has 0 spiro atoms. The Morgan fingerprint density at radius 2 is 1.46 bits per heavy atom. The standard InChI is InChI=1S/C29H31ClN2O5/c1-22(33)29-26(32(35)36)18-25(30)19-27(29)37-17-11-3-2-10-16-28(34)31(20-23-12-6-4-7-13-23)21-24-14-8-5-9-15-24/h4-9,12-15,18-19H,2-3,10-11,16-17,20-21H2,1H3. The Balaban J connectivity index is 1.47. The van der Waals surface area contributed by atoms with Crippen molar-refractivity contribution in [2.24, 2.45) is 0 Å². The zero-order valence-electron chi connectivity index (χ0n) is 20.9. The molecule has 0 saturated heterocycles. The van der Waals surface area contributed by atoms with Crippen LogP contribution in [0.3, 0.4) is 0 Å². The van der Waals surface area contributed by atoms with E-state index in [1.54, 1.807) is 0 Å². The maximum absolute atomic E-state index is 13.0. The molecule has 3 rings (SSSR count). The number of carbonyl (C=O) groups is 2. The molecule has 3 aromatic rings. The molecule has 0 aliphatic rings. The maximum atomic E-state index is 13.0. The van der Waals surface area contributed by atoms with E-state index < -0.39 is 10.7 Å². The number of nitro groups is 1. The lowest BCUT2D eigenvalue weighted by Gasteiger charge is -2.23. The van der Waals surface area contributed by atoms with Crippen LogP contribution in [0.1, 0.15) is 60.5 Å². The van der Waals surface area contributed by atoms with Gasteiger partial charge in [-0.05, 0) is 30.9 Å². The highest BCUT2D eigenvalue weighted by atomic mass is 35.5. The van der Waals surface area contributed by atoms with Gasteiger partial charge >= 0.3 is 0 Å². The largest absolute Gasteiger partial charge is 0.493 e. The summed E-state index contributed by atoms with van der Waals surface area (Å²) < 4.78 is 5.68. The molecule has 194 valence electrons. The number of Topliss-reactive ketones (excluding diaryl/α,β-unsaturated/α-hetero) is 1. The molecule has 0 unspecified atom stereocenters. The quantitative estimate of drug-likeness (QED) is 0.0982. The van der Waals surface area contributed by atoms with Crippen LogP contribution >= 0.6 is 11.6 Å². The van der Waals surface area contributed by atoms with E-state index in [1.165, 1.54) is 13.0 Å². The van der Waals surface area contributed by atoms with Gasteiger partial charge in [0, 0.05) is 31.6 Å². The molecule has 0 bridgehead atoms. The number of ketones is 1. The lowest BCUT2D eigenvalue weighted by atomic mass is 10.1. The Morgan fingerprint density at radius 3 is 2.00 bits per heavy atom. The van der Waals surface area contributed by atoms with E-state index in [9.17, 15) is 19.7 Å². The molecule has 0 radical (unpaired) electrons. The molecule has 0 aromatic heterocycles. The van der Waals surface area contributed by atoms with Gasteiger partial charge < -0.3 is 9.64 Å². The van der Waals surface area contributed by atoms with Gasteiger partial charge in [-0.15, -0.1) is 0 Å². The van der Waals surface area contributed by atoms with E-state index in [0.29, 0.717) is 32.5 Å². The smallest absolute Gasteiger partial charge is 0.285 e. The van der Waals surface area contributed by atoms with Gasteiger partial charge in [-0.1, -0.05) is 85.1 Å². The number of halogens is 1. The Morgan fingerprint density at radius 1 is 0.892 bits per heavy atom. The normalized spacial score (nSPS) is 10.6. The summed E-state index contributed by atoms with van der Waals surface area (Å²) in [6.07, 6.45) is 3.55. The zero-order valence-corrected chi connectivity index (χ0v) is 21.7. The van der Waals surface area contributed by atoms with Crippen molar-refractivity contribution in [2.75, 3.05) is 6.61 Å². The van der Waals surface area contributed by atoms with Crippen LogP contribution in [-0.2, 0) is 17.9 Å². The second kappa shape index (κ2) is 14.1. The van der Waals surface area contributed by atoms with Crippen molar-refractivity contribution in [1.82, 2.24) is 4.90 Å². The molecular formula is C29H31ClN2O5. The summed E-state index contributed by atoms with van der Waals surface area (Å²) in [6, 6.07) is 22.5. The van der Waals surface area contributed by atoms with Crippen LogP contribution in [0.2, 0.25) is 5.02 Å². The average molecular weight is 523 g/mol. The number of carbonyl (C=O) groups excluding carboxylic acids is 2. The molecule has 0 atom stereocenters. The molecule has 3 aromatic carbocycles. The Hall–Kier alpha value is -3.71. The van der Waals surface area contributed by atoms with Gasteiger partial charge in [0.15, 0.2) is 5.78 Å². The van der Waals surface area contributed by atoms with Crippen molar-refractivity contribution < 1.29 is 19.2 Å². The van der Waals surface area contributed by atoms with Gasteiger partial charge in [-0.3, -0.25) is 19.7 Å². The van der Waals surface area contributed by atoms with E-state index in [2.05, 4.69) is 0 Å². The van der Waals surface area contributed by atoms with Crippen molar-refractivity contribution >= 4 is 29.0 Å². The third-order valence-corrected chi connectivity index (χ3v) is 6.14. The summed E-state index contributed by atoms with van der Waals surface area (Å²) in [5.41, 5.74) is 1.76. The minimum Gasteiger partial charge on any atom is -0.493 e. The number of amides is 1.